The highest BCUT2D eigenvalue weighted by atomic mass is 32.2. The Bertz CT molecular complexity index is 555. The highest BCUT2D eigenvalue weighted by Gasteiger charge is 2.09. The first-order chi connectivity index (χ1) is 8.56. The maximum absolute atomic E-state index is 13.4. The fraction of sp³-hybridized carbons (Fsp3) is 0.167. The third-order valence-corrected chi connectivity index (χ3v) is 3.14. The molecule has 0 aliphatic rings. The fourth-order valence-electron chi connectivity index (χ4n) is 1.43. The van der Waals surface area contributed by atoms with Crippen molar-refractivity contribution in [2.24, 2.45) is 0 Å². The van der Waals surface area contributed by atoms with Crippen molar-refractivity contribution in [1.29, 1.82) is 0 Å². The molecule has 0 bridgehead atoms. The van der Waals surface area contributed by atoms with Gasteiger partial charge < -0.3 is 5.73 Å². The molecule has 0 aliphatic carbocycles. The molecule has 0 fully saturated rings. The summed E-state index contributed by atoms with van der Waals surface area (Å²) in [5, 5.41) is 0.455. The second kappa shape index (κ2) is 5.30. The zero-order valence-corrected chi connectivity index (χ0v) is 10.5. The molecule has 0 atom stereocenters. The van der Waals surface area contributed by atoms with Gasteiger partial charge in [-0.05, 0) is 13.0 Å². The van der Waals surface area contributed by atoms with Gasteiger partial charge in [0.05, 0.1) is 0 Å². The highest BCUT2D eigenvalue weighted by Crippen LogP contribution is 2.23. The van der Waals surface area contributed by atoms with Gasteiger partial charge in [-0.3, -0.25) is 0 Å². The van der Waals surface area contributed by atoms with E-state index >= 15 is 0 Å². The number of nitrogen functional groups attached to an aromatic ring is 1. The van der Waals surface area contributed by atoms with Crippen molar-refractivity contribution in [3.63, 3.8) is 0 Å². The summed E-state index contributed by atoms with van der Waals surface area (Å²) in [5.74, 6) is -1.06. The second-order valence-corrected chi connectivity index (χ2v) is 4.66. The second-order valence-electron chi connectivity index (χ2n) is 3.72. The van der Waals surface area contributed by atoms with Gasteiger partial charge in [0.2, 0.25) is 0 Å². The maximum Gasteiger partial charge on any atom is 0.190 e. The van der Waals surface area contributed by atoms with E-state index in [0.29, 0.717) is 11.0 Å². The Balaban J connectivity index is 2.14. The van der Waals surface area contributed by atoms with Gasteiger partial charge in [0.15, 0.2) is 16.8 Å². The molecule has 3 nitrogen and oxygen atoms in total. The minimum absolute atomic E-state index is 0.256. The number of aromatic nitrogens is 2. The van der Waals surface area contributed by atoms with Crippen LogP contribution < -0.4 is 5.73 Å². The molecule has 18 heavy (non-hydrogen) atoms. The van der Waals surface area contributed by atoms with Crippen LogP contribution in [-0.4, -0.2) is 9.97 Å². The molecule has 0 saturated carbocycles. The Hall–Kier alpha value is -1.69. The lowest BCUT2D eigenvalue weighted by atomic mass is 10.2. The Morgan fingerprint density at radius 3 is 2.78 bits per heavy atom. The number of hydrogen-bond acceptors (Lipinski definition) is 4. The van der Waals surface area contributed by atoms with Gasteiger partial charge in [-0.1, -0.05) is 23.9 Å². The third kappa shape index (κ3) is 2.95. The summed E-state index contributed by atoms with van der Waals surface area (Å²) in [5.41, 5.74) is 6.61. The minimum Gasteiger partial charge on any atom is -0.384 e. The van der Waals surface area contributed by atoms with Gasteiger partial charge >= 0.3 is 0 Å². The Kier molecular flexibility index (Phi) is 3.76. The lowest BCUT2D eigenvalue weighted by Gasteiger charge is -2.04. The molecule has 1 aromatic heterocycles. The molecule has 2 N–H and O–H groups in total. The van der Waals surface area contributed by atoms with Crippen molar-refractivity contribution in [2.45, 2.75) is 17.8 Å². The predicted molar refractivity (Wildman–Crippen MR) is 67.1 cm³/mol. The van der Waals surface area contributed by atoms with Crippen LogP contribution in [0.4, 0.5) is 14.6 Å². The van der Waals surface area contributed by atoms with Crippen LogP contribution in [0.2, 0.25) is 0 Å². The standard InChI is InChI=1S/C12H11F2N3S/c1-7-5-10(15)17-12(16-7)18-6-8-3-2-4-9(13)11(8)14/h2-5H,6H2,1H3,(H2,15,16,17). The summed E-state index contributed by atoms with van der Waals surface area (Å²) >= 11 is 1.22. The fourth-order valence-corrected chi connectivity index (χ4v) is 2.32. The number of benzene rings is 1. The van der Waals surface area contributed by atoms with Crippen LogP contribution in [0.3, 0.4) is 0 Å². The van der Waals surface area contributed by atoms with Gasteiger partial charge in [0, 0.05) is 23.1 Å². The number of hydrogen-bond donors (Lipinski definition) is 1. The van der Waals surface area contributed by atoms with E-state index < -0.39 is 11.6 Å². The van der Waals surface area contributed by atoms with E-state index in [4.69, 9.17) is 5.73 Å². The van der Waals surface area contributed by atoms with Crippen LogP contribution >= 0.6 is 11.8 Å². The van der Waals surface area contributed by atoms with E-state index in [9.17, 15) is 8.78 Å². The SMILES string of the molecule is Cc1cc(N)nc(SCc2cccc(F)c2F)n1. The largest absolute Gasteiger partial charge is 0.384 e. The van der Waals surface area contributed by atoms with Crippen LogP contribution in [0.1, 0.15) is 11.3 Å². The Morgan fingerprint density at radius 1 is 1.28 bits per heavy atom. The van der Waals surface area contributed by atoms with Gasteiger partial charge in [-0.15, -0.1) is 0 Å². The molecular formula is C12H11F2N3S. The van der Waals surface area contributed by atoms with E-state index in [1.807, 2.05) is 0 Å². The molecule has 6 heteroatoms. The van der Waals surface area contributed by atoms with Crippen LogP contribution in [0.5, 0.6) is 0 Å². The summed E-state index contributed by atoms with van der Waals surface area (Å²) in [6.07, 6.45) is 0. The van der Waals surface area contributed by atoms with E-state index in [0.717, 1.165) is 11.8 Å². The number of nitrogens with zero attached hydrogens (tertiary/aromatic N) is 2. The molecule has 0 saturated heterocycles. The predicted octanol–water partition coefficient (Wildman–Crippen LogP) is 2.94. The zero-order valence-electron chi connectivity index (χ0n) is 9.65. The first-order valence-corrected chi connectivity index (χ1v) is 6.21. The summed E-state index contributed by atoms with van der Waals surface area (Å²) < 4.78 is 26.4. The number of aryl methyl sites for hydroxylation is 1. The number of thioether (sulfide) groups is 1. The van der Waals surface area contributed by atoms with Gasteiger partial charge in [-0.25, -0.2) is 18.7 Å². The van der Waals surface area contributed by atoms with Crippen molar-refractivity contribution < 1.29 is 8.78 Å². The van der Waals surface area contributed by atoms with Crippen LogP contribution in [-0.2, 0) is 5.75 Å². The topological polar surface area (TPSA) is 51.8 Å². The highest BCUT2D eigenvalue weighted by molar-refractivity contribution is 7.98. The molecule has 2 rings (SSSR count). The zero-order chi connectivity index (χ0) is 13.1. The molecule has 0 unspecified atom stereocenters. The Labute approximate surface area is 107 Å². The molecule has 94 valence electrons. The van der Waals surface area contributed by atoms with E-state index in [1.54, 1.807) is 13.0 Å². The number of anilines is 1. The van der Waals surface area contributed by atoms with Crippen LogP contribution in [0, 0.1) is 18.6 Å². The lowest BCUT2D eigenvalue weighted by Crippen LogP contribution is -1.97. The number of halogens is 2. The van der Waals surface area contributed by atoms with Crippen molar-refractivity contribution >= 4 is 17.6 Å². The summed E-state index contributed by atoms with van der Waals surface area (Å²) in [6.45, 7) is 1.80. The van der Waals surface area contributed by atoms with Gasteiger partial charge in [0.25, 0.3) is 0 Å². The first kappa shape index (κ1) is 12.8. The summed E-state index contributed by atoms with van der Waals surface area (Å²) in [7, 11) is 0. The normalized spacial score (nSPS) is 10.6. The average molecular weight is 267 g/mol. The molecule has 0 radical (unpaired) electrons. The average Bonchev–Trinajstić information content (AvgIpc) is 2.30. The van der Waals surface area contributed by atoms with Gasteiger partial charge in [0.1, 0.15) is 5.82 Å². The maximum atomic E-state index is 13.4. The number of nitrogens with two attached hydrogens (primary N) is 1. The van der Waals surface area contributed by atoms with Crippen molar-refractivity contribution in [2.75, 3.05) is 5.73 Å². The molecule has 0 spiro atoms. The first-order valence-electron chi connectivity index (χ1n) is 5.23. The minimum atomic E-state index is -0.849. The molecule has 1 heterocycles. The monoisotopic (exact) mass is 267 g/mol. The summed E-state index contributed by atoms with van der Waals surface area (Å²) in [4.78, 5) is 8.17. The number of rotatable bonds is 3. The van der Waals surface area contributed by atoms with E-state index in [1.165, 1.54) is 23.9 Å². The summed E-state index contributed by atoms with van der Waals surface area (Å²) in [6, 6.07) is 5.74. The Morgan fingerprint density at radius 2 is 2.06 bits per heavy atom. The van der Waals surface area contributed by atoms with E-state index in [-0.39, 0.29) is 11.3 Å². The molecular weight excluding hydrogens is 256 g/mol. The van der Waals surface area contributed by atoms with Crippen LogP contribution in [0.25, 0.3) is 0 Å². The third-order valence-electron chi connectivity index (χ3n) is 2.24. The lowest BCUT2D eigenvalue weighted by molar-refractivity contribution is 0.502. The smallest absolute Gasteiger partial charge is 0.190 e. The molecule has 1 aromatic carbocycles. The quantitative estimate of drug-likeness (QED) is 0.686. The van der Waals surface area contributed by atoms with Gasteiger partial charge in [-0.2, -0.15) is 0 Å². The van der Waals surface area contributed by atoms with Crippen molar-refractivity contribution in [1.82, 2.24) is 9.97 Å². The van der Waals surface area contributed by atoms with Crippen LogP contribution in [0.15, 0.2) is 29.4 Å². The molecule has 0 amide bonds. The van der Waals surface area contributed by atoms with Crippen molar-refractivity contribution in [3.8, 4) is 0 Å². The van der Waals surface area contributed by atoms with E-state index in [2.05, 4.69) is 9.97 Å². The molecule has 2 aromatic rings. The molecule has 0 aliphatic heterocycles. The van der Waals surface area contributed by atoms with Crippen molar-refractivity contribution in [3.05, 3.63) is 47.2 Å².